The highest BCUT2D eigenvalue weighted by Gasteiger charge is 2.66. The van der Waals surface area contributed by atoms with Crippen molar-refractivity contribution in [2.45, 2.75) is 82.3 Å². The van der Waals surface area contributed by atoms with Crippen LogP contribution >= 0.6 is 0 Å². The highest BCUT2D eigenvalue weighted by molar-refractivity contribution is 6.71. The third kappa shape index (κ3) is 6.38. The SMILES string of the molecule is C=CCN1C(=O)[C@]2(O[C@H](CC(=O)N(CCO)Cc3ccccc3)[C@@H]([Si](C)(C)O)[C@@H]2C)c2cc(N3CCCCCCC3=O)ccc21. The Kier molecular flexibility index (Phi) is 9.98. The minimum atomic E-state index is -3.00. The van der Waals surface area contributed by atoms with Crippen LogP contribution in [0.3, 0.4) is 0 Å². The molecule has 0 aromatic heterocycles. The fourth-order valence-electron chi connectivity index (χ4n) is 7.69. The number of nitrogens with zero attached hydrogens (tertiary/aromatic N) is 3. The van der Waals surface area contributed by atoms with E-state index in [4.69, 9.17) is 4.74 Å². The summed E-state index contributed by atoms with van der Waals surface area (Å²) in [4.78, 5) is 58.3. The van der Waals surface area contributed by atoms with Crippen LogP contribution in [-0.4, -0.2) is 73.2 Å². The van der Waals surface area contributed by atoms with E-state index in [2.05, 4.69) is 6.58 Å². The maximum absolute atomic E-state index is 14.5. The maximum atomic E-state index is 14.5. The summed E-state index contributed by atoms with van der Waals surface area (Å²) in [7, 11) is -3.00. The zero-order valence-corrected chi connectivity index (χ0v) is 27.8. The number of aliphatic hydroxyl groups is 1. The number of benzene rings is 2. The van der Waals surface area contributed by atoms with Crippen LogP contribution in [-0.2, 0) is 31.3 Å². The number of anilines is 2. The topological polar surface area (TPSA) is 111 Å². The number of carbonyl (C=O) groups is 3. The molecule has 3 aliphatic rings. The quantitative estimate of drug-likeness (QED) is 0.289. The molecule has 10 heteroatoms. The molecule has 3 aliphatic heterocycles. The normalized spacial score (nSPS) is 25.3. The molecule has 0 bridgehead atoms. The highest BCUT2D eigenvalue weighted by atomic mass is 28.4. The first kappa shape index (κ1) is 33.1. The van der Waals surface area contributed by atoms with E-state index >= 15 is 0 Å². The minimum Gasteiger partial charge on any atom is -0.432 e. The fraction of sp³-hybridized carbons (Fsp3) is 0.514. The Balaban J connectivity index is 1.53. The number of ether oxygens (including phenoxy) is 1. The van der Waals surface area contributed by atoms with E-state index in [1.165, 1.54) is 0 Å². The largest absolute Gasteiger partial charge is 0.432 e. The van der Waals surface area contributed by atoms with Crippen LogP contribution in [0.2, 0.25) is 18.6 Å². The van der Waals surface area contributed by atoms with Gasteiger partial charge in [-0.25, -0.2) is 0 Å². The summed E-state index contributed by atoms with van der Waals surface area (Å²) in [6.07, 6.45) is 5.30. The van der Waals surface area contributed by atoms with E-state index in [9.17, 15) is 24.3 Å². The second-order valence-corrected chi connectivity index (χ2v) is 17.2. The Hall–Kier alpha value is -3.31. The Morgan fingerprint density at radius 1 is 1.13 bits per heavy atom. The van der Waals surface area contributed by atoms with E-state index in [1.54, 1.807) is 15.9 Å². The summed E-state index contributed by atoms with van der Waals surface area (Å²) in [6.45, 7) is 10.7. The number of fused-ring (bicyclic) bond motifs is 2. The standard InChI is InChI=1S/C35H47N3O6Si/c1-5-18-38-29-17-16-27(37-19-12-7-6-11-15-31(37)40)22-28(29)35(34(38)42)25(2)33(45(3,4)43)30(44-35)23-32(41)36(20-21-39)24-26-13-9-8-10-14-26/h5,8-10,13-14,16-17,22,25,30,33,39,43H,1,6-7,11-12,15,18-21,23-24H2,2-4H3/t25-,30+,33-,35+/m0/s1. The molecule has 2 N–H and O–H groups in total. The molecule has 242 valence electrons. The van der Waals surface area contributed by atoms with Gasteiger partial charge < -0.3 is 29.3 Å². The Bertz CT molecular complexity index is 1410. The van der Waals surface area contributed by atoms with Crippen LogP contribution in [0.4, 0.5) is 11.4 Å². The van der Waals surface area contributed by atoms with Crippen molar-refractivity contribution < 1.29 is 29.0 Å². The molecule has 2 aromatic rings. The second-order valence-electron chi connectivity index (χ2n) is 13.2. The fourth-order valence-corrected chi connectivity index (χ4v) is 10.2. The van der Waals surface area contributed by atoms with Crippen molar-refractivity contribution in [2.24, 2.45) is 5.92 Å². The van der Waals surface area contributed by atoms with Crippen molar-refractivity contribution in [3.8, 4) is 0 Å². The molecule has 2 fully saturated rings. The number of carbonyl (C=O) groups excluding carboxylic acids is 3. The smallest absolute Gasteiger partial charge is 0.264 e. The van der Waals surface area contributed by atoms with Crippen LogP contribution in [0.1, 0.15) is 56.6 Å². The van der Waals surface area contributed by atoms with Gasteiger partial charge in [0.25, 0.3) is 5.91 Å². The molecule has 5 rings (SSSR count). The van der Waals surface area contributed by atoms with E-state index < -0.39 is 31.5 Å². The van der Waals surface area contributed by atoms with Crippen LogP contribution in [0.15, 0.2) is 61.2 Å². The Morgan fingerprint density at radius 3 is 2.56 bits per heavy atom. The molecule has 2 aromatic carbocycles. The van der Waals surface area contributed by atoms with Crippen LogP contribution in [0.5, 0.6) is 0 Å². The number of rotatable bonds is 10. The van der Waals surface area contributed by atoms with Crippen LogP contribution in [0.25, 0.3) is 0 Å². The lowest BCUT2D eigenvalue weighted by Crippen LogP contribution is -2.46. The van der Waals surface area contributed by atoms with Crippen LogP contribution < -0.4 is 9.80 Å². The minimum absolute atomic E-state index is 0.0328. The summed E-state index contributed by atoms with van der Waals surface area (Å²) < 4.78 is 6.88. The maximum Gasteiger partial charge on any atom is 0.264 e. The van der Waals surface area contributed by atoms with Crippen molar-refractivity contribution in [1.29, 1.82) is 0 Å². The Labute approximate surface area is 267 Å². The lowest BCUT2D eigenvalue weighted by molar-refractivity contribution is -0.149. The van der Waals surface area contributed by atoms with Gasteiger partial charge in [-0.15, -0.1) is 6.58 Å². The molecule has 0 aliphatic carbocycles. The van der Waals surface area contributed by atoms with Gasteiger partial charge in [-0.05, 0) is 49.7 Å². The van der Waals surface area contributed by atoms with Gasteiger partial charge in [-0.3, -0.25) is 14.4 Å². The number of hydrogen-bond acceptors (Lipinski definition) is 6. The van der Waals surface area contributed by atoms with Crippen molar-refractivity contribution >= 4 is 37.4 Å². The first-order valence-electron chi connectivity index (χ1n) is 16.2. The molecule has 3 heterocycles. The molecule has 3 amide bonds. The molecule has 0 saturated carbocycles. The molecular weight excluding hydrogens is 586 g/mol. The van der Waals surface area contributed by atoms with Crippen LogP contribution in [0, 0.1) is 5.92 Å². The summed E-state index contributed by atoms with van der Waals surface area (Å²) >= 11 is 0. The van der Waals surface area contributed by atoms with E-state index in [-0.39, 0.29) is 43.8 Å². The lowest BCUT2D eigenvalue weighted by Gasteiger charge is -2.33. The predicted molar refractivity (Wildman–Crippen MR) is 177 cm³/mol. The van der Waals surface area contributed by atoms with Gasteiger partial charge in [0.15, 0.2) is 13.9 Å². The summed E-state index contributed by atoms with van der Waals surface area (Å²) in [5, 5.41) is 9.78. The van der Waals surface area contributed by atoms with Gasteiger partial charge in [-0.1, -0.05) is 56.2 Å². The first-order chi connectivity index (χ1) is 21.5. The van der Waals surface area contributed by atoms with Gasteiger partial charge in [0.2, 0.25) is 11.8 Å². The van der Waals surface area contributed by atoms with E-state index in [0.717, 1.165) is 36.9 Å². The van der Waals surface area contributed by atoms with Gasteiger partial charge >= 0.3 is 0 Å². The third-order valence-electron chi connectivity index (χ3n) is 9.73. The first-order valence-corrected chi connectivity index (χ1v) is 19.3. The van der Waals surface area contributed by atoms with Gasteiger partial charge in [-0.2, -0.15) is 0 Å². The van der Waals surface area contributed by atoms with Crippen molar-refractivity contribution in [2.75, 3.05) is 36.0 Å². The number of hydrogen-bond donors (Lipinski definition) is 2. The molecule has 0 unspecified atom stereocenters. The van der Waals surface area contributed by atoms with Gasteiger partial charge in [0, 0.05) is 55.3 Å². The van der Waals surface area contributed by atoms with E-state index in [1.807, 2.05) is 73.4 Å². The summed E-state index contributed by atoms with van der Waals surface area (Å²) in [5.41, 5.74) is 1.19. The Morgan fingerprint density at radius 2 is 1.87 bits per heavy atom. The molecule has 4 atom stereocenters. The van der Waals surface area contributed by atoms with E-state index in [0.29, 0.717) is 30.8 Å². The zero-order valence-electron chi connectivity index (χ0n) is 26.8. The average molecular weight is 634 g/mol. The number of amides is 3. The number of aliphatic hydroxyl groups excluding tert-OH is 1. The van der Waals surface area contributed by atoms with Gasteiger partial charge in [0.05, 0.1) is 24.8 Å². The molecule has 1 spiro atoms. The van der Waals surface area contributed by atoms with Crippen molar-refractivity contribution in [3.05, 3.63) is 72.3 Å². The predicted octanol–water partition coefficient (Wildman–Crippen LogP) is 4.73. The lowest BCUT2D eigenvalue weighted by atomic mass is 9.82. The van der Waals surface area contributed by atoms with Crippen molar-refractivity contribution in [3.63, 3.8) is 0 Å². The molecule has 45 heavy (non-hydrogen) atoms. The second kappa shape index (κ2) is 13.6. The zero-order chi connectivity index (χ0) is 32.4. The molecular formula is C35H47N3O6Si. The molecule has 2 saturated heterocycles. The molecule has 9 nitrogen and oxygen atoms in total. The summed E-state index contributed by atoms with van der Waals surface area (Å²) in [5.74, 6) is -0.819. The monoisotopic (exact) mass is 633 g/mol. The summed E-state index contributed by atoms with van der Waals surface area (Å²) in [6, 6.07) is 15.3. The third-order valence-corrected chi connectivity index (χ3v) is 12.2. The average Bonchev–Trinajstić information content (AvgIpc) is 3.41. The molecule has 0 radical (unpaired) electrons. The van der Waals surface area contributed by atoms with Crippen molar-refractivity contribution in [1.82, 2.24) is 4.90 Å². The van der Waals surface area contributed by atoms with Gasteiger partial charge in [0.1, 0.15) is 0 Å². The highest BCUT2D eigenvalue weighted by Crippen LogP contribution is 2.60.